The number of rotatable bonds is 0. The van der Waals surface area contributed by atoms with Crippen LogP contribution in [-0.4, -0.2) is 0 Å². The normalized spacial score (nSPS) is 11.3. The van der Waals surface area contributed by atoms with Gasteiger partial charge in [-0.2, -0.15) is 17.6 Å². The molecule has 6 aromatic carbocycles. The Morgan fingerprint density at radius 2 is 0.350 bits per heavy atom. The van der Waals surface area contributed by atoms with E-state index in [1.54, 1.807) is 0 Å². The molecule has 0 fully saturated rings. The second-order valence-corrected chi connectivity index (χ2v) is 15.3. The van der Waals surface area contributed by atoms with Crippen LogP contribution in [0.3, 0.4) is 0 Å². The highest BCUT2D eigenvalue weighted by atomic mass is 14.8. The van der Waals surface area contributed by atoms with E-state index < -0.39 is 0 Å². The molecule has 0 atom stereocenters. The van der Waals surface area contributed by atoms with Gasteiger partial charge in [0.2, 0.25) is 22.1 Å². The first kappa shape index (κ1) is 35.1. The van der Waals surface area contributed by atoms with E-state index in [-0.39, 0.29) is 0 Å². The van der Waals surface area contributed by atoms with Crippen LogP contribution in [0, 0.1) is 0 Å². The van der Waals surface area contributed by atoms with E-state index in [0.29, 0.717) is 0 Å². The van der Waals surface area contributed by atoms with Gasteiger partial charge in [0.05, 0.1) is 0 Å². The summed E-state index contributed by atoms with van der Waals surface area (Å²) < 4.78 is 8.73. The summed E-state index contributed by atoms with van der Waals surface area (Å²) >= 11 is 0. The van der Waals surface area contributed by atoms with Gasteiger partial charge in [0, 0.05) is 97.1 Å². The molecule has 11 heterocycles. The Balaban J connectivity index is 1.13. The molecule has 60 heavy (non-hydrogen) atoms. The van der Waals surface area contributed by atoms with E-state index in [2.05, 4.69) is 261 Å². The second-order valence-electron chi connectivity index (χ2n) is 15.3. The Labute approximate surface area is 346 Å². The zero-order valence-electron chi connectivity index (χ0n) is 32.9. The van der Waals surface area contributed by atoms with Gasteiger partial charge in [0.15, 0.2) is 49.6 Å². The lowest BCUT2D eigenvalue weighted by Crippen LogP contribution is -2.19. The summed E-state index contributed by atoms with van der Waals surface area (Å²) in [6.07, 6.45) is 17.2. The third kappa shape index (κ3) is 6.86. The summed E-state index contributed by atoms with van der Waals surface area (Å²) in [4.78, 5) is 0. The first-order valence-corrected chi connectivity index (χ1v) is 20.4. The molecule has 0 aliphatic rings. The maximum Gasteiger partial charge on any atom is 0.211 e. The fourth-order valence-electron chi connectivity index (χ4n) is 8.31. The maximum absolute atomic E-state index is 2.29. The summed E-state index contributed by atoms with van der Waals surface area (Å²) in [5.41, 5.74) is 4.46. The fraction of sp³-hybridized carbons (Fsp3) is 0. The Morgan fingerprint density at radius 3 is 0.567 bits per heavy atom. The minimum Gasteiger partial charge on any atom is -0.167 e. The van der Waals surface area contributed by atoms with Crippen molar-refractivity contribution in [3.05, 3.63) is 244 Å². The van der Waals surface area contributed by atoms with Crippen LogP contribution in [0.2, 0.25) is 0 Å². The number of hydrogen-bond donors (Lipinski definition) is 0. The Hall–Kier alpha value is -8.08. The largest absolute Gasteiger partial charge is 0.211 e. The Bertz CT molecular complexity index is 3230. The van der Waals surface area contributed by atoms with E-state index in [0.717, 1.165) is 22.1 Å². The summed E-state index contributed by atoms with van der Waals surface area (Å²) in [6, 6.07) is 70.2. The number of hydrogen-bond acceptors (Lipinski definition) is 0. The molecule has 11 aromatic heterocycles. The van der Waals surface area contributed by atoms with Crippen LogP contribution in [0.1, 0.15) is 0 Å². The highest BCUT2D eigenvalue weighted by molar-refractivity contribution is 5.94. The van der Waals surface area contributed by atoms with Crippen molar-refractivity contribution in [1.82, 2.24) is 0 Å². The lowest BCUT2D eigenvalue weighted by molar-refractivity contribution is -0.511. The molecule has 0 radical (unpaired) electrons. The Morgan fingerprint density at radius 1 is 0.167 bits per heavy atom. The van der Waals surface area contributed by atoms with Crippen molar-refractivity contribution >= 4 is 86.7 Å². The molecule has 17 aromatic rings. The van der Waals surface area contributed by atoms with Crippen LogP contribution >= 0.6 is 0 Å². The molecule has 280 valence electrons. The fourth-order valence-corrected chi connectivity index (χ4v) is 8.31. The first-order valence-electron chi connectivity index (χ1n) is 20.4. The second kappa shape index (κ2) is 15.0. The lowest BCUT2D eigenvalue weighted by atomic mass is 10.1. The molecule has 0 saturated heterocycles. The maximum atomic E-state index is 2.29. The van der Waals surface area contributed by atoms with E-state index in [9.17, 15) is 0 Å². The quantitative estimate of drug-likeness (QED) is 0.137. The molecule has 17 rings (SSSR count). The average Bonchev–Trinajstić information content (AvgIpc) is 3.34. The van der Waals surface area contributed by atoms with Gasteiger partial charge < -0.3 is 0 Å². The lowest BCUT2D eigenvalue weighted by Gasteiger charge is -1.98. The van der Waals surface area contributed by atoms with E-state index in [4.69, 9.17) is 0 Å². The molecule has 0 saturated carbocycles. The van der Waals surface area contributed by atoms with Crippen LogP contribution in [-0.2, 0) is 0 Å². The minimum absolute atomic E-state index is 1.11. The van der Waals surface area contributed by atoms with Crippen molar-refractivity contribution < 1.29 is 17.6 Å². The Kier molecular flexibility index (Phi) is 8.79. The highest BCUT2D eigenvalue weighted by Gasteiger charge is 2.06. The van der Waals surface area contributed by atoms with Gasteiger partial charge in [-0.1, -0.05) is 84.9 Å². The average molecular weight is 769 g/mol. The third-order valence-corrected chi connectivity index (χ3v) is 11.6. The van der Waals surface area contributed by atoms with Crippen molar-refractivity contribution in [2.45, 2.75) is 0 Å². The molecule has 4 nitrogen and oxygen atoms in total. The van der Waals surface area contributed by atoms with Crippen molar-refractivity contribution in [1.29, 1.82) is 0 Å². The smallest absolute Gasteiger partial charge is 0.167 e. The van der Waals surface area contributed by atoms with Crippen molar-refractivity contribution in [3.63, 3.8) is 0 Å². The van der Waals surface area contributed by atoms with Crippen molar-refractivity contribution in [2.75, 3.05) is 0 Å². The third-order valence-electron chi connectivity index (χ3n) is 11.6. The first-order chi connectivity index (χ1) is 29.7. The molecule has 0 aliphatic carbocycles. The minimum atomic E-state index is 1.11. The van der Waals surface area contributed by atoms with Crippen molar-refractivity contribution in [3.8, 4) is 0 Å². The zero-order valence-corrected chi connectivity index (χ0v) is 32.9. The standard InChI is InChI=1S/C56H40N4/c1-7-45-35-46(8-1)50-12-4-16-54(38-50)58-29-21-42(22-30-58)44-25-33-60(34-26-44)56-18-6-14-52(40-56)48-10-2-9-47(36-48)51-13-5-17-55(39-51)59-31-23-43(24-32-59)41-19-27-57(28-20-41)53-15-3-11-49(45)37-53/h1-40H/q+4. The molecule has 0 spiro atoms. The van der Waals surface area contributed by atoms with Crippen LogP contribution < -0.4 is 17.6 Å². The van der Waals surface area contributed by atoms with E-state index >= 15 is 0 Å². The van der Waals surface area contributed by atoms with Gasteiger partial charge in [0.25, 0.3) is 0 Å². The topological polar surface area (TPSA) is 16.4 Å². The summed E-state index contributed by atoms with van der Waals surface area (Å²) in [5, 5.41) is 14.1. The van der Waals surface area contributed by atoms with Gasteiger partial charge in [-0.25, -0.2) is 0 Å². The molecule has 4 heteroatoms. The molecule has 0 amide bonds. The van der Waals surface area contributed by atoms with Gasteiger partial charge in [-0.05, 0) is 76.8 Å². The SMILES string of the molecule is c1cc2cc(c1)c1cccc(c1)[n+]1ccc(cc1)c1cc[n+](cc1)c1cccc(c1)c1cccc(c1)c1cccc(c1)[n+]1ccc(cc1)c1cc[n+](cc1)c1cccc2c1. The number of nitrogens with zero attached hydrogens (tertiary/aromatic N) is 4. The zero-order chi connectivity index (χ0) is 39.8. The summed E-state index contributed by atoms with van der Waals surface area (Å²) in [7, 11) is 0. The molecular weight excluding hydrogens is 729 g/mol. The monoisotopic (exact) mass is 768 g/mol. The van der Waals surface area contributed by atoms with Gasteiger partial charge in [-0.3, -0.25) is 0 Å². The summed E-state index contributed by atoms with van der Waals surface area (Å²) in [5.74, 6) is 0. The molecule has 0 unspecified atom stereocenters. The van der Waals surface area contributed by atoms with Crippen LogP contribution in [0.5, 0.6) is 0 Å². The van der Waals surface area contributed by atoms with Crippen molar-refractivity contribution in [2.24, 2.45) is 0 Å². The van der Waals surface area contributed by atoms with Crippen LogP contribution in [0.25, 0.3) is 86.7 Å². The predicted molar refractivity (Wildman–Crippen MR) is 246 cm³/mol. The highest BCUT2D eigenvalue weighted by Crippen LogP contribution is 2.21. The van der Waals surface area contributed by atoms with Gasteiger partial charge in [-0.15, -0.1) is 0 Å². The molecule has 20 bridgehead atoms. The molecule has 0 N–H and O–H groups in total. The summed E-state index contributed by atoms with van der Waals surface area (Å²) in [6.45, 7) is 0. The number of benzene rings is 6. The van der Waals surface area contributed by atoms with E-state index in [1.807, 2.05) is 0 Å². The molecule has 0 aliphatic heterocycles. The van der Waals surface area contributed by atoms with Crippen LogP contribution in [0.15, 0.2) is 244 Å². The van der Waals surface area contributed by atoms with Gasteiger partial charge in [0.1, 0.15) is 0 Å². The number of aromatic nitrogens is 4. The van der Waals surface area contributed by atoms with Crippen LogP contribution in [0.4, 0.5) is 0 Å². The molecular formula is C56H40N4+4. The van der Waals surface area contributed by atoms with Gasteiger partial charge >= 0.3 is 0 Å². The predicted octanol–water partition coefficient (Wildman–Crippen LogP) is 11.5. The van der Waals surface area contributed by atoms with E-state index in [1.165, 1.54) is 64.6 Å². The number of pyridine rings is 4.